The van der Waals surface area contributed by atoms with Crippen molar-refractivity contribution >= 4 is 23.6 Å². The Labute approximate surface area is 176 Å². The van der Waals surface area contributed by atoms with Gasteiger partial charge in [0.1, 0.15) is 11.9 Å². The molecule has 2 amide bonds. The van der Waals surface area contributed by atoms with E-state index < -0.39 is 6.04 Å². The van der Waals surface area contributed by atoms with Crippen molar-refractivity contribution in [1.82, 2.24) is 10.2 Å². The molecule has 0 fully saturated rings. The van der Waals surface area contributed by atoms with Crippen LogP contribution in [-0.2, 0) is 21.9 Å². The van der Waals surface area contributed by atoms with Crippen molar-refractivity contribution in [2.75, 3.05) is 5.75 Å². The molecule has 0 radical (unpaired) electrons. The molecule has 0 saturated carbocycles. The second-order valence-corrected chi connectivity index (χ2v) is 8.42. The van der Waals surface area contributed by atoms with Crippen molar-refractivity contribution in [2.45, 2.75) is 52.1 Å². The molecule has 0 bridgehead atoms. The van der Waals surface area contributed by atoms with Gasteiger partial charge >= 0.3 is 0 Å². The lowest BCUT2D eigenvalue weighted by molar-refractivity contribution is -0.138. The Bertz CT molecular complexity index is 824. The number of carbonyl (C=O) groups is 2. The summed E-state index contributed by atoms with van der Waals surface area (Å²) in [6.45, 7) is 7.51. The van der Waals surface area contributed by atoms with E-state index in [-0.39, 0.29) is 36.0 Å². The fraction of sp³-hybridized carbons (Fsp3) is 0.391. The first kappa shape index (κ1) is 22.9. The molecule has 1 atom stereocenters. The predicted molar refractivity (Wildman–Crippen MR) is 117 cm³/mol. The van der Waals surface area contributed by atoms with E-state index in [1.165, 1.54) is 28.3 Å². The normalized spacial score (nSPS) is 11.9. The molecule has 1 N–H and O–H groups in total. The van der Waals surface area contributed by atoms with Crippen molar-refractivity contribution in [1.29, 1.82) is 0 Å². The highest BCUT2D eigenvalue weighted by Crippen LogP contribution is 2.17. The topological polar surface area (TPSA) is 49.4 Å². The minimum atomic E-state index is -0.690. The maximum Gasteiger partial charge on any atom is 0.242 e. The average Bonchev–Trinajstić information content (AvgIpc) is 2.67. The summed E-state index contributed by atoms with van der Waals surface area (Å²) in [7, 11) is 0. The van der Waals surface area contributed by atoms with Gasteiger partial charge in [-0.1, -0.05) is 48.0 Å². The third kappa shape index (κ3) is 7.20. The number of thioether (sulfide) groups is 1. The number of hydrogen-bond donors (Lipinski definition) is 1. The van der Waals surface area contributed by atoms with Gasteiger partial charge in [0.05, 0.1) is 5.75 Å². The van der Waals surface area contributed by atoms with Gasteiger partial charge in [-0.3, -0.25) is 9.59 Å². The van der Waals surface area contributed by atoms with Gasteiger partial charge in [-0.05, 0) is 39.3 Å². The zero-order valence-electron chi connectivity index (χ0n) is 17.4. The smallest absolute Gasteiger partial charge is 0.242 e. The summed E-state index contributed by atoms with van der Waals surface area (Å²) in [6, 6.07) is 13.8. The molecule has 2 rings (SSSR count). The van der Waals surface area contributed by atoms with Crippen LogP contribution in [0.1, 0.15) is 37.5 Å². The summed E-state index contributed by atoms with van der Waals surface area (Å²) < 4.78 is 14.2. The number of carbonyl (C=O) groups excluding carboxylic acids is 2. The van der Waals surface area contributed by atoms with Crippen LogP contribution in [0.5, 0.6) is 0 Å². The number of nitrogens with zero attached hydrogens (tertiary/aromatic N) is 1. The van der Waals surface area contributed by atoms with Gasteiger partial charge in [-0.2, -0.15) is 0 Å². The first-order chi connectivity index (χ1) is 13.8. The monoisotopic (exact) mass is 416 g/mol. The maximum absolute atomic E-state index is 14.2. The number of nitrogens with one attached hydrogen (secondary N) is 1. The second-order valence-electron chi connectivity index (χ2n) is 7.43. The van der Waals surface area contributed by atoms with Crippen LogP contribution >= 0.6 is 11.8 Å². The van der Waals surface area contributed by atoms with E-state index in [2.05, 4.69) is 5.32 Å². The third-order valence-corrected chi connectivity index (χ3v) is 5.50. The molecule has 6 heteroatoms. The molecular formula is C23H29FN2O2S. The number of hydrogen-bond acceptors (Lipinski definition) is 3. The molecule has 0 heterocycles. The predicted octanol–water partition coefficient (Wildman–Crippen LogP) is 4.31. The average molecular weight is 417 g/mol. The first-order valence-corrected chi connectivity index (χ1v) is 10.9. The van der Waals surface area contributed by atoms with Crippen LogP contribution < -0.4 is 5.32 Å². The minimum Gasteiger partial charge on any atom is -0.352 e. The van der Waals surface area contributed by atoms with Gasteiger partial charge in [-0.25, -0.2) is 4.39 Å². The van der Waals surface area contributed by atoms with Gasteiger partial charge in [0, 0.05) is 23.9 Å². The Morgan fingerprint density at radius 3 is 2.34 bits per heavy atom. The molecule has 2 aromatic rings. The van der Waals surface area contributed by atoms with E-state index >= 15 is 0 Å². The fourth-order valence-corrected chi connectivity index (χ4v) is 3.69. The van der Waals surface area contributed by atoms with Crippen LogP contribution in [-0.4, -0.2) is 34.6 Å². The molecule has 0 aliphatic carbocycles. The molecule has 0 spiro atoms. The Morgan fingerprint density at radius 2 is 1.72 bits per heavy atom. The quantitative estimate of drug-likeness (QED) is 0.663. The molecule has 4 nitrogen and oxygen atoms in total. The highest BCUT2D eigenvalue weighted by Gasteiger charge is 2.27. The Hall–Kier alpha value is -2.34. The Kier molecular flexibility index (Phi) is 8.70. The van der Waals surface area contributed by atoms with Crippen molar-refractivity contribution in [3.63, 3.8) is 0 Å². The molecular weight excluding hydrogens is 387 g/mol. The lowest BCUT2D eigenvalue weighted by atomic mass is 10.1. The van der Waals surface area contributed by atoms with E-state index in [1.807, 2.05) is 45.0 Å². The molecule has 0 aliphatic heterocycles. The number of aryl methyl sites for hydroxylation is 1. The Balaban J connectivity index is 2.07. The van der Waals surface area contributed by atoms with Crippen LogP contribution in [0.4, 0.5) is 4.39 Å². The SMILES string of the molecule is Cc1ccc(CSCC(=O)N(Cc2ccccc2F)[C@H](C)C(=O)NC(C)C)cc1. The fourth-order valence-electron chi connectivity index (χ4n) is 2.82. The Morgan fingerprint density at radius 1 is 1.07 bits per heavy atom. The van der Waals surface area contributed by atoms with E-state index in [0.717, 1.165) is 5.56 Å². The zero-order valence-corrected chi connectivity index (χ0v) is 18.3. The highest BCUT2D eigenvalue weighted by molar-refractivity contribution is 7.99. The summed E-state index contributed by atoms with van der Waals surface area (Å²) in [5, 5.41) is 2.83. The van der Waals surface area contributed by atoms with Crippen LogP contribution in [0.2, 0.25) is 0 Å². The maximum atomic E-state index is 14.2. The summed E-state index contributed by atoms with van der Waals surface area (Å²) in [6.07, 6.45) is 0. The summed E-state index contributed by atoms with van der Waals surface area (Å²) in [4.78, 5) is 26.9. The van der Waals surface area contributed by atoms with E-state index in [1.54, 1.807) is 25.1 Å². The molecule has 0 unspecified atom stereocenters. The number of amides is 2. The lowest BCUT2D eigenvalue weighted by Gasteiger charge is -2.29. The summed E-state index contributed by atoms with van der Waals surface area (Å²) >= 11 is 1.49. The van der Waals surface area contributed by atoms with Crippen molar-refractivity contribution in [2.24, 2.45) is 0 Å². The van der Waals surface area contributed by atoms with Crippen LogP contribution in [0.15, 0.2) is 48.5 Å². The molecule has 0 saturated heterocycles. The first-order valence-electron chi connectivity index (χ1n) is 9.74. The zero-order chi connectivity index (χ0) is 21.4. The third-order valence-electron chi connectivity index (χ3n) is 4.51. The van der Waals surface area contributed by atoms with Gasteiger partial charge in [0.25, 0.3) is 0 Å². The van der Waals surface area contributed by atoms with E-state index in [4.69, 9.17) is 0 Å². The van der Waals surface area contributed by atoms with Crippen molar-refractivity contribution in [3.8, 4) is 0 Å². The van der Waals surface area contributed by atoms with Gasteiger partial charge in [0.15, 0.2) is 0 Å². The number of rotatable bonds is 9. The van der Waals surface area contributed by atoms with Crippen LogP contribution in [0.25, 0.3) is 0 Å². The largest absolute Gasteiger partial charge is 0.352 e. The molecule has 0 aliphatic rings. The van der Waals surface area contributed by atoms with E-state index in [0.29, 0.717) is 11.3 Å². The summed E-state index contributed by atoms with van der Waals surface area (Å²) in [5.74, 6) is 0.118. The molecule has 0 aromatic heterocycles. The standard InChI is InChI=1S/C23H29FN2O2S/c1-16(2)25-23(28)18(4)26(13-20-7-5-6-8-21(20)24)22(27)15-29-14-19-11-9-17(3)10-12-19/h5-12,16,18H,13-15H2,1-4H3,(H,25,28)/t18-/m1/s1. The van der Waals surface area contributed by atoms with Gasteiger partial charge in [0.2, 0.25) is 11.8 Å². The van der Waals surface area contributed by atoms with Gasteiger partial charge < -0.3 is 10.2 Å². The molecule has 2 aromatic carbocycles. The molecule has 156 valence electrons. The van der Waals surface area contributed by atoms with E-state index in [9.17, 15) is 14.0 Å². The lowest BCUT2D eigenvalue weighted by Crippen LogP contribution is -2.49. The van der Waals surface area contributed by atoms with Crippen LogP contribution in [0, 0.1) is 12.7 Å². The highest BCUT2D eigenvalue weighted by atomic mass is 32.2. The van der Waals surface area contributed by atoms with Crippen molar-refractivity contribution < 1.29 is 14.0 Å². The summed E-state index contributed by atoms with van der Waals surface area (Å²) in [5.41, 5.74) is 2.73. The van der Waals surface area contributed by atoms with Crippen molar-refractivity contribution in [3.05, 3.63) is 71.0 Å². The second kappa shape index (κ2) is 11.0. The van der Waals surface area contributed by atoms with Gasteiger partial charge in [-0.15, -0.1) is 11.8 Å². The minimum absolute atomic E-state index is 0.0359. The molecule has 29 heavy (non-hydrogen) atoms. The number of benzene rings is 2. The van der Waals surface area contributed by atoms with Crippen LogP contribution in [0.3, 0.4) is 0 Å². The number of halogens is 1.